The summed E-state index contributed by atoms with van der Waals surface area (Å²) in [5, 5.41) is 9.15. The molecule has 0 radical (unpaired) electrons. The second-order valence-corrected chi connectivity index (χ2v) is 12.6. The van der Waals surface area contributed by atoms with Crippen LogP contribution in [0.25, 0.3) is 28.6 Å². The number of thiocarbonyl (C=S) groups is 1. The highest BCUT2D eigenvalue weighted by Crippen LogP contribution is 2.36. The van der Waals surface area contributed by atoms with Gasteiger partial charge in [-0.15, -0.1) is 0 Å². The second kappa shape index (κ2) is 14.8. The first-order chi connectivity index (χ1) is 22.8. The average Bonchev–Trinajstić information content (AvgIpc) is 3.35. The SMILES string of the molecule is Nc1ccnc(-c2cncc(-c3cc(/C=C4\SC(=S)N(CCc5ccc(C(=O)O)cc5)C4=O)ccc3OCCN3CCOCC3)c2)n1. The third-order valence-corrected chi connectivity index (χ3v) is 9.13. The van der Waals surface area contributed by atoms with E-state index in [1.165, 1.54) is 11.8 Å². The zero-order chi connectivity index (χ0) is 32.8. The highest BCUT2D eigenvalue weighted by Gasteiger charge is 2.31. The van der Waals surface area contributed by atoms with Crippen LogP contribution < -0.4 is 10.5 Å². The van der Waals surface area contributed by atoms with Gasteiger partial charge in [0.2, 0.25) is 0 Å². The van der Waals surface area contributed by atoms with Crippen LogP contribution in [0.15, 0.2) is 78.1 Å². The number of ether oxygens (including phenoxy) is 2. The van der Waals surface area contributed by atoms with E-state index in [4.69, 9.17) is 32.5 Å². The molecular formula is C34H32N6O5S2. The molecule has 0 aliphatic carbocycles. The van der Waals surface area contributed by atoms with E-state index in [2.05, 4.69) is 19.9 Å². The van der Waals surface area contributed by atoms with Crippen LogP contribution in [-0.4, -0.2) is 92.1 Å². The molecule has 6 rings (SSSR count). The van der Waals surface area contributed by atoms with Crippen molar-refractivity contribution < 1.29 is 24.2 Å². The Bertz CT molecular complexity index is 1830. The number of carboxylic acids is 1. The molecule has 47 heavy (non-hydrogen) atoms. The summed E-state index contributed by atoms with van der Waals surface area (Å²) in [5.74, 6) is 0.366. The van der Waals surface area contributed by atoms with Crippen molar-refractivity contribution in [2.75, 3.05) is 51.7 Å². The van der Waals surface area contributed by atoms with Crippen molar-refractivity contribution in [2.45, 2.75) is 6.42 Å². The molecule has 2 saturated heterocycles. The topological polar surface area (TPSA) is 144 Å². The molecule has 0 bridgehead atoms. The van der Waals surface area contributed by atoms with Gasteiger partial charge in [-0.1, -0.05) is 42.2 Å². The quantitative estimate of drug-likeness (QED) is 0.170. The standard InChI is InChI=1S/C34H32N6O5S2/c35-30-7-9-37-31(38-30)26-19-25(20-36-21-26)27-17-23(3-6-28(27)45-16-13-39-11-14-44-15-12-39)18-29-32(41)40(34(46)47-29)10-8-22-1-4-24(5-2-22)33(42)43/h1-7,9,17-21H,8,10-16H2,(H,42,43)(H2,35,37,38)/b29-18-. The molecule has 2 aromatic heterocycles. The highest BCUT2D eigenvalue weighted by atomic mass is 32.2. The minimum atomic E-state index is -0.978. The lowest BCUT2D eigenvalue weighted by atomic mass is 10.0. The fourth-order valence-corrected chi connectivity index (χ4v) is 6.53. The molecule has 240 valence electrons. The largest absolute Gasteiger partial charge is 0.492 e. The van der Waals surface area contributed by atoms with Crippen LogP contribution in [0.2, 0.25) is 0 Å². The molecule has 11 nitrogen and oxygen atoms in total. The first-order valence-electron chi connectivity index (χ1n) is 15.0. The zero-order valence-corrected chi connectivity index (χ0v) is 27.0. The average molecular weight is 669 g/mol. The van der Waals surface area contributed by atoms with Gasteiger partial charge in [0.15, 0.2) is 5.82 Å². The third kappa shape index (κ3) is 8.00. The van der Waals surface area contributed by atoms with Gasteiger partial charge < -0.3 is 20.3 Å². The van der Waals surface area contributed by atoms with E-state index in [1.54, 1.807) is 53.8 Å². The number of nitrogens with two attached hydrogens (primary N) is 1. The molecule has 3 N–H and O–H groups in total. The lowest BCUT2D eigenvalue weighted by Crippen LogP contribution is -2.38. The Labute approximate surface area is 281 Å². The number of aromatic carboxylic acids is 1. The Kier molecular flexibility index (Phi) is 10.2. The summed E-state index contributed by atoms with van der Waals surface area (Å²) in [6.07, 6.45) is 7.43. The van der Waals surface area contributed by atoms with Crippen LogP contribution >= 0.6 is 24.0 Å². The van der Waals surface area contributed by atoms with Crippen molar-refractivity contribution in [3.63, 3.8) is 0 Å². The van der Waals surface area contributed by atoms with Crippen LogP contribution in [0.1, 0.15) is 21.5 Å². The number of thioether (sulfide) groups is 1. The number of rotatable bonds is 11. The van der Waals surface area contributed by atoms with E-state index in [-0.39, 0.29) is 11.5 Å². The number of pyridine rings is 1. The number of benzene rings is 2. The number of anilines is 1. The number of nitrogen functional groups attached to an aromatic ring is 1. The molecule has 0 spiro atoms. The minimum Gasteiger partial charge on any atom is -0.492 e. The van der Waals surface area contributed by atoms with Crippen LogP contribution in [0.4, 0.5) is 5.82 Å². The monoisotopic (exact) mass is 668 g/mol. The number of aromatic nitrogens is 3. The Balaban J connectivity index is 1.24. The summed E-state index contributed by atoms with van der Waals surface area (Å²) in [6.45, 7) is 4.84. The van der Waals surface area contributed by atoms with Gasteiger partial charge in [-0.05, 0) is 60.0 Å². The van der Waals surface area contributed by atoms with E-state index in [9.17, 15) is 9.59 Å². The van der Waals surface area contributed by atoms with E-state index < -0.39 is 5.97 Å². The van der Waals surface area contributed by atoms with Crippen LogP contribution in [0, 0.1) is 0 Å². The molecule has 0 unspecified atom stereocenters. The number of hydrogen-bond donors (Lipinski definition) is 2. The summed E-state index contributed by atoms with van der Waals surface area (Å²) in [4.78, 5) is 42.2. The summed E-state index contributed by atoms with van der Waals surface area (Å²) in [7, 11) is 0. The van der Waals surface area contributed by atoms with Gasteiger partial charge in [0.25, 0.3) is 5.91 Å². The van der Waals surface area contributed by atoms with Crippen molar-refractivity contribution in [3.05, 3.63) is 94.8 Å². The van der Waals surface area contributed by atoms with Crippen LogP contribution in [0.3, 0.4) is 0 Å². The van der Waals surface area contributed by atoms with Gasteiger partial charge in [0, 0.05) is 61.5 Å². The Hall–Kier alpha value is -4.69. The first kappa shape index (κ1) is 32.3. The zero-order valence-electron chi connectivity index (χ0n) is 25.4. The number of carboxylic acid groups (broad SMARTS) is 1. The maximum absolute atomic E-state index is 13.4. The predicted octanol–water partition coefficient (Wildman–Crippen LogP) is 4.64. The van der Waals surface area contributed by atoms with Crippen molar-refractivity contribution in [1.82, 2.24) is 24.8 Å². The Morgan fingerprint density at radius 3 is 2.62 bits per heavy atom. The number of amides is 1. The molecule has 2 aromatic carbocycles. The van der Waals surface area contributed by atoms with Gasteiger partial charge in [0.1, 0.15) is 22.5 Å². The summed E-state index contributed by atoms with van der Waals surface area (Å²) >= 11 is 6.82. The molecule has 4 aromatic rings. The summed E-state index contributed by atoms with van der Waals surface area (Å²) < 4.78 is 12.3. The fourth-order valence-electron chi connectivity index (χ4n) is 5.22. The Morgan fingerprint density at radius 1 is 1.06 bits per heavy atom. The van der Waals surface area contributed by atoms with E-state index in [0.717, 1.165) is 55.1 Å². The third-order valence-electron chi connectivity index (χ3n) is 7.75. The number of carbonyl (C=O) groups is 2. The summed E-state index contributed by atoms with van der Waals surface area (Å²) in [5.41, 5.74) is 10.2. The maximum Gasteiger partial charge on any atom is 0.335 e. The smallest absolute Gasteiger partial charge is 0.335 e. The van der Waals surface area contributed by atoms with Crippen molar-refractivity contribution in [3.8, 4) is 28.3 Å². The van der Waals surface area contributed by atoms with Gasteiger partial charge in [-0.25, -0.2) is 14.8 Å². The number of nitrogens with zero attached hydrogens (tertiary/aromatic N) is 5. The number of hydrogen-bond acceptors (Lipinski definition) is 11. The van der Waals surface area contributed by atoms with E-state index >= 15 is 0 Å². The van der Waals surface area contributed by atoms with Crippen LogP contribution in [0.5, 0.6) is 5.75 Å². The minimum absolute atomic E-state index is 0.169. The molecule has 2 fully saturated rings. The normalized spacial score (nSPS) is 16.2. The van der Waals surface area contributed by atoms with Crippen molar-refractivity contribution in [1.29, 1.82) is 0 Å². The van der Waals surface area contributed by atoms with Gasteiger partial charge >= 0.3 is 5.97 Å². The van der Waals surface area contributed by atoms with Gasteiger partial charge in [-0.3, -0.25) is 19.6 Å². The molecule has 13 heteroatoms. The molecule has 1 amide bonds. The Morgan fingerprint density at radius 2 is 1.85 bits per heavy atom. The van der Waals surface area contributed by atoms with Gasteiger partial charge in [0.05, 0.1) is 23.7 Å². The summed E-state index contributed by atoms with van der Waals surface area (Å²) in [6, 6.07) is 16.0. The number of morpholine rings is 1. The molecular weight excluding hydrogens is 637 g/mol. The van der Waals surface area contributed by atoms with E-state index in [0.29, 0.717) is 51.8 Å². The molecule has 2 aliphatic heterocycles. The first-order valence-corrected chi connectivity index (χ1v) is 16.3. The predicted molar refractivity (Wildman–Crippen MR) is 185 cm³/mol. The van der Waals surface area contributed by atoms with E-state index in [1.807, 2.05) is 30.3 Å². The van der Waals surface area contributed by atoms with Gasteiger partial charge in [-0.2, -0.15) is 0 Å². The molecule has 0 saturated carbocycles. The fraction of sp³-hybridized carbons (Fsp3) is 0.235. The maximum atomic E-state index is 13.4. The van der Waals surface area contributed by atoms with Crippen molar-refractivity contribution in [2.24, 2.45) is 0 Å². The lowest BCUT2D eigenvalue weighted by molar-refractivity contribution is -0.122. The number of carbonyl (C=O) groups excluding carboxylic acids is 1. The molecule has 2 aliphatic rings. The second-order valence-electron chi connectivity index (χ2n) is 10.9. The molecule has 0 atom stereocenters. The lowest BCUT2D eigenvalue weighted by Gasteiger charge is -2.26. The molecule has 4 heterocycles. The van der Waals surface area contributed by atoms with Crippen LogP contribution in [-0.2, 0) is 16.0 Å². The highest BCUT2D eigenvalue weighted by molar-refractivity contribution is 8.26. The van der Waals surface area contributed by atoms with Crippen molar-refractivity contribution >= 4 is 52.1 Å².